The van der Waals surface area contributed by atoms with Crippen LogP contribution in [0.5, 0.6) is 0 Å². The minimum atomic E-state index is 0.426. The first-order chi connectivity index (χ1) is 9.58. The van der Waals surface area contributed by atoms with Crippen LogP contribution < -0.4 is 15.5 Å². The van der Waals surface area contributed by atoms with Gasteiger partial charge in [-0.05, 0) is 37.9 Å². The molecule has 110 valence electrons. The van der Waals surface area contributed by atoms with Crippen LogP contribution in [0.1, 0.15) is 26.7 Å². The third-order valence-corrected chi connectivity index (χ3v) is 3.67. The maximum Gasteiger partial charge on any atom is 0.232 e. The molecule has 7 heteroatoms. The summed E-state index contributed by atoms with van der Waals surface area (Å²) in [7, 11) is 0. The topological polar surface area (TPSA) is 53.1 Å². The molecule has 0 bridgehead atoms. The van der Waals surface area contributed by atoms with E-state index in [4.69, 9.17) is 23.8 Å². The van der Waals surface area contributed by atoms with Gasteiger partial charge in [-0.1, -0.05) is 18.5 Å². The number of aromatic nitrogens is 2. The van der Waals surface area contributed by atoms with Gasteiger partial charge in [0, 0.05) is 25.7 Å². The number of nitrogens with zero attached hydrogens (tertiary/aromatic N) is 3. The van der Waals surface area contributed by atoms with Crippen LogP contribution in [0, 0.1) is 5.92 Å². The molecule has 20 heavy (non-hydrogen) atoms. The predicted octanol–water partition coefficient (Wildman–Crippen LogP) is 2.67. The molecule has 0 aliphatic carbocycles. The Morgan fingerprint density at radius 2 is 2.35 bits per heavy atom. The molecule has 1 aromatic heterocycles. The highest BCUT2D eigenvalue weighted by molar-refractivity contribution is 7.80. The number of hydrogen-bond donors (Lipinski definition) is 2. The number of hydrogen-bond acceptors (Lipinski definition) is 4. The lowest BCUT2D eigenvalue weighted by atomic mass is 10.0. The molecule has 0 aromatic carbocycles. The second kappa shape index (κ2) is 7.04. The van der Waals surface area contributed by atoms with E-state index >= 15 is 0 Å². The second-order valence-corrected chi connectivity index (χ2v) is 5.85. The summed E-state index contributed by atoms with van der Waals surface area (Å²) in [6, 6.07) is 1.81. The predicted molar refractivity (Wildman–Crippen MR) is 87.6 cm³/mol. The third kappa shape index (κ3) is 4.18. The SMILES string of the molecule is CCNC(=S)Nc1nc(Cl)cc(N2CCCC(C)C2)n1. The molecule has 0 radical (unpaired) electrons. The fourth-order valence-electron chi connectivity index (χ4n) is 2.33. The van der Waals surface area contributed by atoms with Crippen molar-refractivity contribution >= 4 is 40.7 Å². The second-order valence-electron chi connectivity index (χ2n) is 5.05. The van der Waals surface area contributed by atoms with Crippen LogP contribution in [0.4, 0.5) is 11.8 Å². The molecule has 0 spiro atoms. The molecule has 2 heterocycles. The number of anilines is 2. The lowest BCUT2D eigenvalue weighted by Crippen LogP contribution is -2.35. The highest BCUT2D eigenvalue weighted by atomic mass is 35.5. The smallest absolute Gasteiger partial charge is 0.232 e. The molecule has 1 fully saturated rings. The Hall–Kier alpha value is -1.14. The summed E-state index contributed by atoms with van der Waals surface area (Å²) in [6.07, 6.45) is 2.45. The van der Waals surface area contributed by atoms with Crippen molar-refractivity contribution in [2.75, 3.05) is 29.9 Å². The van der Waals surface area contributed by atoms with Gasteiger partial charge in [0.1, 0.15) is 11.0 Å². The van der Waals surface area contributed by atoms with Gasteiger partial charge in [-0.3, -0.25) is 0 Å². The van der Waals surface area contributed by atoms with Crippen molar-refractivity contribution in [3.63, 3.8) is 0 Å². The maximum atomic E-state index is 6.08. The first-order valence-electron chi connectivity index (χ1n) is 6.93. The van der Waals surface area contributed by atoms with Gasteiger partial charge in [-0.2, -0.15) is 4.98 Å². The van der Waals surface area contributed by atoms with Crippen LogP contribution in [0.2, 0.25) is 5.15 Å². The van der Waals surface area contributed by atoms with Crippen LogP contribution in [-0.2, 0) is 0 Å². The number of rotatable bonds is 3. The average Bonchev–Trinajstić information content (AvgIpc) is 2.38. The Kier molecular flexibility index (Phi) is 5.37. The minimum Gasteiger partial charge on any atom is -0.363 e. The van der Waals surface area contributed by atoms with Crippen molar-refractivity contribution in [2.24, 2.45) is 5.92 Å². The zero-order valence-corrected chi connectivity index (χ0v) is 13.4. The molecule has 1 saturated heterocycles. The number of thiocarbonyl (C=S) groups is 1. The van der Waals surface area contributed by atoms with E-state index in [0.29, 0.717) is 22.1 Å². The van der Waals surface area contributed by atoms with Crippen molar-refractivity contribution < 1.29 is 0 Å². The van der Waals surface area contributed by atoms with E-state index in [1.807, 2.05) is 6.92 Å². The van der Waals surface area contributed by atoms with Crippen molar-refractivity contribution in [1.29, 1.82) is 0 Å². The lowest BCUT2D eigenvalue weighted by Gasteiger charge is -2.32. The summed E-state index contributed by atoms with van der Waals surface area (Å²) in [6.45, 7) is 7.00. The van der Waals surface area contributed by atoms with Gasteiger partial charge >= 0.3 is 0 Å². The van der Waals surface area contributed by atoms with Crippen LogP contribution >= 0.6 is 23.8 Å². The lowest BCUT2D eigenvalue weighted by molar-refractivity contribution is 0.444. The Morgan fingerprint density at radius 1 is 1.55 bits per heavy atom. The summed E-state index contributed by atoms with van der Waals surface area (Å²) in [5.74, 6) is 1.98. The van der Waals surface area contributed by atoms with E-state index < -0.39 is 0 Å². The Morgan fingerprint density at radius 3 is 3.05 bits per heavy atom. The minimum absolute atomic E-state index is 0.426. The molecule has 2 N–H and O–H groups in total. The van der Waals surface area contributed by atoms with E-state index in [9.17, 15) is 0 Å². The largest absolute Gasteiger partial charge is 0.363 e. The van der Waals surface area contributed by atoms with Gasteiger partial charge in [0.2, 0.25) is 5.95 Å². The number of nitrogens with one attached hydrogen (secondary N) is 2. The van der Waals surface area contributed by atoms with Crippen molar-refractivity contribution in [3.8, 4) is 0 Å². The first-order valence-corrected chi connectivity index (χ1v) is 7.71. The standard InChI is InChI=1S/C13H20ClN5S/c1-3-15-13(20)18-12-16-10(14)7-11(17-12)19-6-4-5-9(2)8-19/h7,9H,3-6,8H2,1-2H3,(H2,15,16,17,18,20). The highest BCUT2D eigenvalue weighted by Crippen LogP contribution is 2.24. The number of piperidine rings is 1. The molecule has 2 rings (SSSR count). The van der Waals surface area contributed by atoms with E-state index in [0.717, 1.165) is 25.5 Å². The molecule has 0 amide bonds. The Bertz CT molecular complexity index is 482. The summed E-state index contributed by atoms with van der Waals surface area (Å²) < 4.78 is 0. The van der Waals surface area contributed by atoms with Crippen molar-refractivity contribution in [3.05, 3.63) is 11.2 Å². The van der Waals surface area contributed by atoms with Crippen LogP contribution in [0.25, 0.3) is 0 Å². The van der Waals surface area contributed by atoms with E-state index in [2.05, 4.69) is 32.4 Å². The third-order valence-electron chi connectivity index (χ3n) is 3.23. The fourth-order valence-corrected chi connectivity index (χ4v) is 2.74. The van der Waals surface area contributed by atoms with E-state index in [1.54, 1.807) is 6.07 Å². The van der Waals surface area contributed by atoms with Gasteiger partial charge < -0.3 is 15.5 Å². The summed E-state index contributed by atoms with van der Waals surface area (Å²) >= 11 is 11.2. The van der Waals surface area contributed by atoms with Gasteiger partial charge in [-0.25, -0.2) is 4.98 Å². The highest BCUT2D eigenvalue weighted by Gasteiger charge is 2.18. The zero-order chi connectivity index (χ0) is 14.5. The van der Waals surface area contributed by atoms with Crippen LogP contribution in [0.15, 0.2) is 6.07 Å². The molecular weight excluding hydrogens is 294 g/mol. The molecule has 1 aliphatic heterocycles. The first kappa shape index (κ1) is 15.3. The summed E-state index contributed by atoms with van der Waals surface area (Å²) in [5.41, 5.74) is 0. The summed E-state index contributed by atoms with van der Waals surface area (Å²) in [5, 5.41) is 6.90. The average molecular weight is 314 g/mol. The van der Waals surface area contributed by atoms with Gasteiger partial charge in [-0.15, -0.1) is 0 Å². The van der Waals surface area contributed by atoms with Crippen molar-refractivity contribution in [1.82, 2.24) is 15.3 Å². The van der Waals surface area contributed by atoms with E-state index in [1.165, 1.54) is 12.8 Å². The monoisotopic (exact) mass is 313 g/mol. The molecule has 5 nitrogen and oxygen atoms in total. The molecular formula is C13H20ClN5S. The molecule has 1 atom stereocenters. The Balaban J connectivity index is 2.13. The maximum absolute atomic E-state index is 6.08. The molecule has 1 unspecified atom stereocenters. The molecule has 1 aliphatic rings. The van der Waals surface area contributed by atoms with Crippen LogP contribution in [-0.4, -0.2) is 34.7 Å². The van der Waals surface area contributed by atoms with Gasteiger partial charge in [0.15, 0.2) is 5.11 Å². The summed E-state index contributed by atoms with van der Waals surface area (Å²) in [4.78, 5) is 10.9. The molecule has 0 saturated carbocycles. The van der Waals surface area contributed by atoms with Gasteiger partial charge in [0.05, 0.1) is 0 Å². The molecule has 1 aromatic rings. The van der Waals surface area contributed by atoms with Crippen molar-refractivity contribution in [2.45, 2.75) is 26.7 Å². The normalized spacial score (nSPS) is 18.8. The Labute approximate surface area is 130 Å². The van der Waals surface area contributed by atoms with Crippen LogP contribution in [0.3, 0.4) is 0 Å². The fraction of sp³-hybridized carbons (Fsp3) is 0.615. The van der Waals surface area contributed by atoms with E-state index in [-0.39, 0.29) is 0 Å². The quantitative estimate of drug-likeness (QED) is 0.661. The van der Waals surface area contributed by atoms with Gasteiger partial charge in [0.25, 0.3) is 0 Å². The number of halogens is 1. The zero-order valence-electron chi connectivity index (χ0n) is 11.8.